The van der Waals surface area contributed by atoms with Crippen LogP contribution in [0.1, 0.15) is 48.4 Å². The summed E-state index contributed by atoms with van der Waals surface area (Å²) in [4.78, 5) is 19.8. The van der Waals surface area contributed by atoms with E-state index in [0.717, 1.165) is 54.1 Å². The number of hydrogen-bond donors (Lipinski definition) is 0. The van der Waals surface area contributed by atoms with E-state index in [4.69, 9.17) is 4.74 Å². The first-order valence-electron chi connectivity index (χ1n) is 10.0. The SMILES string of the molecule is COc1cccc(C(CC(=O)N2CCCCC2)c2cnc3c(C)cccn23)c1. The van der Waals surface area contributed by atoms with Crippen LogP contribution in [0.2, 0.25) is 0 Å². The Kier molecular flexibility index (Phi) is 5.33. The molecule has 3 heterocycles. The summed E-state index contributed by atoms with van der Waals surface area (Å²) >= 11 is 0. The van der Waals surface area contributed by atoms with Crippen LogP contribution in [-0.2, 0) is 4.79 Å². The van der Waals surface area contributed by atoms with Crippen molar-refractivity contribution < 1.29 is 9.53 Å². The Morgan fingerprint density at radius 3 is 2.79 bits per heavy atom. The monoisotopic (exact) mass is 377 g/mol. The van der Waals surface area contributed by atoms with Crippen LogP contribution in [-0.4, -0.2) is 40.4 Å². The molecule has 1 aromatic carbocycles. The molecular weight excluding hydrogens is 350 g/mol. The predicted octanol–water partition coefficient (Wildman–Crippen LogP) is 4.19. The van der Waals surface area contributed by atoms with Crippen molar-refractivity contribution in [3.05, 3.63) is 65.6 Å². The number of rotatable bonds is 5. The third-order valence-electron chi connectivity index (χ3n) is 5.70. The molecule has 0 spiro atoms. The van der Waals surface area contributed by atoms with Crippen molar-refractivity contribution in [2.24, 2.45) is 0 Å². The van der Waals surface area contributed by atoms with Gasteiger partial charge in [-0.15, -0.1) is 0 Å². The predicted molar refractivity (Wildman–Crippen MR) is 110 cm³/mol. The minimum Gasteiger partial charge on any atom is -0.497 e. The fraction of sp³-hybridized carbons (Fsp3) is 0.391. The number of hydrogen-bond acceptors (Lipinski definition) is 3. The number of benzene rings is 1. The smallest absolute Gasteiger partial charge is 0.223 e. The number of fused-ring (bicyclic) bond motifs is 1. The van der Waals surface area contributed by atoms with Gasteiger partial charge in [0.05, 0.1) is 12.8 Å². The molecule has 0 saturated carbocycles. The number of pyridine rings is 1. The molecule has 0 aliphatic carbocycles. The van der Waals surface area contributed by atoms with E-state index in [1.807, 2.05) is 41.6 Å². The molecular formula is C23H27N3O2. The summed E-state index contributed by atoms with van der Waals surface area (Å²) in [5.41, 5.74) is 4.18. The van der Waals surface area contributed by atoms with Crippen LogP contribution in [0.5, 0.6) is 5.75 Å². The van der Waals surface area contributed by atoms with Crippen molar-refractivity contribution in [1.29, 1.82) is 0 Å². The van der Waals surface area contributed by atoms with Crippen molar-refractivity contribution in [3.8, 4) is 5.75 Å². The van der Waals surface area contributed by atoms with Crippen molar-refractivity contribution in [3.63, 3.8) is 0 Å². The third kappa shape index (κ3) is 3.61. The highest BCUT2D eigenvalue weighted by Crippen LogP contribution is 2.32. The summed E-state index contributed by atoms with van der Waals surface area (Å²) in [5, 5.41) is 0. The minimum atomic E-state index is -0.0682. The Labute approximate surface area is 166 Å². The van der Waals surface area contributed by atoms with E-state index in [-0.39, 0.29) is 11.8 Å². The van der Waals surface area contributed by atoms with Gasteiger partial charge in [-0.05, 0) is 55.5 Å². The molecule has 1 aliphatic rings. The van der Waals surface area contributed by atoms with Crippen LogP contribution >= 0.6 is 0 Å². The number of imidazole rings is 1. The number of amides is 1. The highest BCUT2D eigenvalue weighted by Gasteiger charge is 2.26. The number of aromatic nitrogens is 2. The molecule has 2 aromatic heterocycles. The van der Waals surface area contributed by atoms with Crippen molar-refractivity contribution in [2.75, 3.05) is 20.2 Å². The zero-order chi connectivity index (χ0) is 19.5. The molecule has 5 heteroatoms. The molecule has 3 aromatic rings. The van der Waals surface area contributed by atoms with Crippen molar-refractivity contribution >= 4 is 11.6 Å². The largest absolute Gasteiger partial charge is 0.497 e. The minimum absolute atomic E-state index is 0.0682. The topological polar surface area (TPSA) is 46.8 Å². The molecule has 1 unspecified atom stereocenters. The number of nitrogens with zero attached hydrogens (tertiary/aromatic N) is 3. The lowest BCUT2D eigenvalue weighted by Crippen LogP contribution is -2.36. The van der Waals surface area contributed by atoms with Crippen LogP contribution in [0.3, 0.4) is 0 Å². The summed E-state index contributed by atoms with van der Waals surface area (Å²) < 4.78 is 7.55. The molecule has 28 heavy (non-hydrogen) atoms. The zero-order valence-corrected chi connectivity index (χ0v) is 16.6. The second-order valence-corrected chi connectivity index (χ2v) is 7.54. The van der Waals surface area contributed by atoms with Gasteiger partial charge in [-0.2, -0.15) is 0 Å². The molecule has 1 aliphatic heterocycles. The van der Waals surface area contributed by atoms with Crippen LogP contribution in [0.4, 0.5) is 0 Å². The zero-order valence-electron chi connectivity index (χ0n) is 16.6. The van der Waals surface area contributed by atoms with Gasteiger partial charge < -0.3 is 14.0 Å². The average molecular weight is 377 g/mol. The van der Waals surface area contributed by atoms with Gasteiger partial charge in [0.2, 0.25) is 5.91 Å². The van der Waals surface area contributed by atoms with E-state index in [1.165, 1.54) is 6.42 Å². The highest BCUT2D eigenvalue weighted by atomic mass is 16.5. The Bertz CT molecular complexity index is 973. The van der Waals surface area contributed by atoms with Gasteiger partial charge in [-0.3, -0.25) is 4.79 Å². The second-order valence-electron chi connectivity index (χ2n) is 7.54. The Morgan fingerprint density at radius 1 is 1.18 bits per heavy atom. The van der Waals surface area contributed by atoms with E-state index < -0.39 is 0 Å². The van der Waals surface area contributed by atoms with Crippen LogP contribution in [0.25, 0.3) is 5.65 Å². The average Bonchev–Trinajstić information content (AvgIpc) is 3.18. The Morgan fingerprint density at radius 2 is 2.00 bits per heavy atom. The number of likely N-dealkylation sites (tertiary alicyclic amines) is 1. The lowest BCUT2D eigenvalue weighted by Gasteiger charge is -2.28. The number of piperidine rings is 1. The van der Waals surface area contributed by atoms with E-state index in [2.05, 4.69) is 28.4 Å². The second kappa shape index (κ2) is 8.05. The van der Waals surface area contributed by atoms with Crippen molar-refractivity contribution in [1.82, 2.24) is 14.3 Å². The molecule has 0 bridgehead atoms. The number of carbonyl (C=O) groups excluding carboxylic acids is 1. The maximum absolute atomic E-state index is 13.1. The van der Waals surface area contributed by atoms with Gasteiger partial charge in [0.15, 0.2) is 0 Å². The summed E-state index contributed by atoms with van der Waals surface area (Å²) in [6, 6.07) is 12.1. The van der Waals surface area contributed by atoms with Gasteiger partial charge in [-0.25, -0.2) is 4.98 Å². The molecule has 0 N–H and O–H groups in total. The van der Waals surface area contributed by atoms with E-state index in [0.29, 0.717) is 6.42 Å². The molecule has 146 valence electrons. The van der Waals surface area contributed by atoms with E-state index in [9.17, 15) is 4.79 Å². The maximum atomic E-state index is 13.1. The summed E-state index contributed by atoms with van der Waals surface area (Å²) in [5.74, 6) is 0.953. The first-order valence-corrected chi connectivity index (χ1v) is 10.0. The van der Waals surface area contributed by atoms with Crippen LogP contribution < -0.4 is 4.74 Å². The number of ether oxygens (including phenoxy) is 1. The van der Waals surface area contributed by atoms with Gasteiger partial charge in [0.1, 0.15) is 11.4 Å². The molecule has 1 saturated heterocycles. The maximum Gasteiger partial charge on any atom is 0.223 e. The van der Waals surface area contributed by atoms with Gasteiger partial charge in [0.25, 0.3) is 0 Å². The normalized spacial score (nSPS) is 15.6. The number of aryl methyl sites for hydroxylation is 1. The number of methoxy groups -OCH3 is 1. The fourth-order valence-electron chi connectivity index (χ4n) is 4.13. The standard InChI is InChI=1S/C23H27N3O2/c1-17-8-7-13-26-21(16-24-23(17)26)20(18-9-6-10-19(14-18)28-2)15-22(27)25-11-4-3-5-12-25/h6-10,13-14,16,20H,3-5,11-12,15H2,1-2H3. The lowest BCUT2D eigenvalue weighted by molar-refractivity contribution is -0.132. The van der Waals surface area contributed by atoms with Crippen LogP contribution in [0, 0.1) is 6.92 Å². The Hall–Kier alpha value is -2.82. The lowest BCUT2D eigenvalue weighted by atomic mass is 9.91. The third-order valence-corrected chi connectivity index (χ3v) is 5.70. The summed E-state index contributed by atoms with van der Waals surface area (Å²) in [6.07, 6.45) is 7.80. The molecule has 1 atom stereocenters. The summed E-state index contributed by atoms with van der Waals surface area (Å²) in [6.45, 7) is 3.80. The summed E-state index contributed by atoms with van der Waals surface area (Å²) in [7, 11) is 1.67. The Balaban J connectivity index is 1.74. The molecule has 1 fully saturated rings. The quantitative estimate of drug-likeness (QED) is 0.670. The fourth-order valence-corrected chi connectivity index (χ4v) is 4.13. The molecule has 4 rings (SSSR count). The van der Waals surface area contributed by atoms with Crippen molar-refractivity contribution in [2.45, 2.75) is 38.5 Å². The van der Waals surface area contributed by atoms with Gasteiger partial charge >= 0.3 is 0 Å². The van der Waals surface area contributed by atoms with E-state index >= 15 is 0 Å². The first-order chi connectivity index (χ1) is 13.7. The number of carbonyl (C=O) groups is 1. The molecule has 0 radical (unpaired) electrons. The molecule has 5 nitrogen and oxygen atoms in total. The van der Waals surface area contributed by atoms with Gasteiger partial charge in [0, 0.05) is 37.8 Å². The van der Waals surface area contributed by atoms with E-state index in [1.54, 1.807) is 7.11 Å². The first kappa shape index (κ1) is 18.5. The molecule has 1 amide bonds. The highest BCUT2D eigenvalue weighted by molar-refractivity contribution is 5.78. The van der Waals surface area contributed by atoms with Gasteiger partial charge in [-0.1, -0.05) is 18.2 Å². The van der Waals surface area contributed by atoms with Crippen LogP contribution in [0.15, 0.2) is 48.8 Å².